The Labute approximate surface area is 146 Å². The lowest BCUT2D eigenvalue weighted by Crippen LogP contribution is -2.32. The number of aromatic nitrogens is 1. The highest BCUT2D eigenvalue weighted by Gasteiger charge is 2.15. The summed E-state index contributed by atoms with van der Waals surface area (Å²) in [6.07, 6.45) is 0.872. The number of nitrogens with zero attached hydrogens (tertiary/aromatic N) is 1. The van der Waals surface area contributed by atoms with E-state index in [1.807, 2.05) is 68.4 Å². The van der Waals surface area contributed by atoms with Gasteiger partial charge in [0.05, 0.1) is 5.69 Å². The summed E-state index contributed by atoms with van der Waals surface area (Å²) in [6.45, 7) is 4.02. The van der Waals surface area contributed by atoms with Gasteiger partial charge in [-0.1, -0.05) is 61.0 Å². The maximum Gasteiger partial charge on any atom is 0.270 e. The number of pyridine rings is 1. The lowest BCUT2D eigenvalue weighted by molar-refractivity contribution is 0.0934. The van der Waals surface area contributed by atoms with Crippen molar-refractivity contribution < 1.29 is 4.79 Å². The van der Waals surface area contributed by atoms with Gasteiger partial charge >= 0.3 is 0 Å². The Morgan fingerprint density at radius 2 is 1.88 bits per heavy atom. The normalized spacial score (nSPS) is 12.1. The molecule has 1 aromatic heterocycles. The van der Waals surface area contributed by atoms with Gasteiger partial charge in [0, 0.05) is 22.0 Å². The second-order valence-electron chi connectivity index (χ2n) is 5.84. The van der Waals surface area contributed by atoms with Crippen LogP contribution in [0.1, 0.15) is 30.8 Å². The number of rotatable bonds is 4. The number of benzene rings is 2. The predicted molar refractivity (Wildman–Crippen MR) is 99.4 cm³/mol. The first-order valence-corrected chi connectivity index (χ1v) is 8.43. The van der Waals surface area contributed by atoms with E-state index in [1.54, 1.807) is 0 Å². The molecule has 2 aromatic carbocycles. The van der Waals surface area contributed by atoms with Gasteiger partial charge < -0.3 is 5.32 Å². The minimum Gasteiger partial charge on any atom is -0.348 e. The molecule has 0 aliphatic heterocycles. The van der Waals surface area contributed by atoms with Crippen LogP contribution in [-0.4, -0.2) is 16.9 Å². The zero-order valence-corrected chi connectivity index (χ0v) is 14.5. The Balaban J connectivity index is 2.17. The van der Waals surface area contributed by atoms with E-state index in [2.05, 4.69) is 10.3 Å². The van der Waals surface area contributed by atoms with E-state index in [-0.39, 0.29) is 11.9 Å². The highest BCUT2D eigenvalue weighted by atomic mass is 35.5. The number of amides is 1. The SMILES string of the molecule is CCC(C)NC(=O)c1cc2ccccc2c(-c2ccccc2Cl)n1. The summed E-state index contributed by atoms with van der Waals surface area (Å²) in [7, 11) is 0. The Bertz CT molecular complexity index is 892. The molecule has 1 amide bonds. The zero-order chi connectivity index (χ0) is 17.1. The summed E-state index contributed by atoms with van der Waals surface area (Å²) in [5, 5.41) is 5.54. The largest absolute Gasteiger partial charge is 0.348 e. The van der Waals surface area contributed by atoms with Gasteiger partial charge in [-0.05, 0) is 30.9 Å². The third-order valence-corrected chi connectivity index (χ3v) is 4.42. The number of carbonyl (C=O) groups is 1. The van der Waals surface area contributed by atoms with Crippen molar-refractivity contribution in [2.24, 2.45) is 0 Å². The summed E-state index contributed by atoms with van der Waals surface area (Å²) < 4.78 is 0. The molecule has 3 nitrogen and oxygen atoms in total. The van der Waals surface area contributed by atoms with Crippen molar-refractivity contribution in [3.05, 3.63) is 65.3 Å². The van der Waals surface area contributed by atoms with Crippen LogP contribution in [-0.2, 0) is 0 Å². The van der Waals surface area contributed by atoms with Crippen molar-refractivity contribution in [2.45, 2.75) is 26.3 Å². The van der Waals surface area contributed by atoms with Crippen molar-refractivity contribution in [2.75, 3.05) is 0 Å². The van der Waals surface area contributed by atoms with Gasteiger partial charge in [-0.2, -0.15) is 0 Å². The van der Waals surface area contributed by atoms with Gasteiger partial charge in [-0.15, -0.1) is 0 Å². The average Bonchev–Trinajstić information content (AvgIpc) is 2.61. The lowest BCUT2D eigenvalue weighted by atomic mass is 10.0. The Morgan fingerprint density at radius 1 is 1.17 bits per heavy atom. The van der Waals surface area contributed by atoms with Crippen LogP contribution in [0.2, 0.25) is 5.02 Å². The summed E-state index contributed by atoms with van der Waals surface area (Å²) in [5.74, 6) is -0.164. The van der Waals surface area contributed by atoms with E-state index in [9.17, 15) is 4.79 Å². The zero-order valence-electron chi connectivity index (χ0n) is 13.7. The topological polar surface area (TPSA) is 42.0 Å². The van der Waals surface area contributed by atoms with Gasteiger partial charge in [0.2, 0.25) is 0 Å². The highest BCUT2D eigenvalue weighted by molar-refractivity contribution is 6.33. The standard InChI is InChI=1S/C20H19ClN2O/c1-3-13(2)22-20(24)18-12-14-8-4-5-9-15(14)19(23-18)16-10-6-7-11-17(16)21/h4-13H,3H2,1-2H3,(H,22,24). The van der Waals surface area contributed by atoms with Gasteiger partial charge in [-0.3, -0.25) is 4.79 Å². The van der Waals surface area contributed by atoms with Crippen LogP contribution >= 0.6 is 11.6 Å². The van der Waals surface area contributed by atoms with Crippen molar-refractivity contribution in [1.82, 2.24) is 10.3 Å². The molecule has 1 unspecified atom stereocenters. The number of hydrogen-bond donors (Lipinski definition) is 1. The fourth-order valence-electron chi connectivity index (χ4n) is 2.57. The Morgan fingerprint density at radius 3 is 2.62 bits per heavy atom. The quantitative estimate of drug-likeness (QED) is 0.720. The smallest absolute Gasteiger partial charge is 0.270 e. The molecule has 122 valence electrons. The van der Waals surface area contributed by atoms with E-state index in [1.165, 1.54) is 0 Å². The average molecular weight is 339 g/mol. The van der Waals surface area contributed by atoms with Crippen LogP contribution in [0.25, 0.3) is 22.0 Å². The second-order valence-corrected chi connectivity index (χ2v) is 6.25. The van der Waals surface area contributed by atoms with Crippen LogP contribution in [0, 0.1) is 0 Å². The first kappa shape index (κ1) is 16.5. The molecule has 0 radical (unpaired) electrons. The molecule has 3 rings (SSSR count). The minimum atomic E-state index is -0.164. The van der Waals surface area contributed by atoms with Crippen LogP contribution in [0.15, 0.2) is 54.6 Å². The predicted octanol–water partition coefficient (Wildman–Crippen LogP) is 5.08. The number of nitrogens with one attached hydrogen (secondary N) is 1. The monoisotopic (exact) mass is 338 g/mol. The Kier molecular flexibility index (Phi) is 4.81. The van der Waals surface area contributed by atoms with E-state index in [4.69, 9.17) is 11.6 Å². The summed E-state index contributed by atoms with van der Waals surface area (Å²) in [5.41, 5.74) is 1.96. The van der Waals surface area contributed by atoms with E-state index >= 15 is 0 Å². The second kappa shape index (κ2) is 7.02. The lowest BCUT2D eigenvalue weighted by Gasteiger charge is -2.13. The molecule has 0 aliphatic rings. The molecule has 0 aliphatic carbocycles. The molecule has 0 bridgehead atoms. The molecule has 4 heteroatoms. The van der Waals surface area contributed by atoms with Gasteiger partial charge in [0.15, 0.2) is 0 Å². The molecule has 0 spiro atoms. The number of hydrogen-bond acceptors (Lipinski definition) is 2. The van der Waals surface area contributed by atoms with Crippen molar-refractivity contribution in [1.29, 1.82) is 0 Å². The molecular formula is C20H19ClN2O. The van der Waals surface area contributed by atoms with Crippen molar-refractivity contribution >= 4 is 28.3 Å². The molecule has 0 fully saturated rings. The maximum atomic E-state index is 12.5. The molecular weight excluding hydrogens is 320 g/mol. The van der Waals surface area contributed by atoms with Gasteiger partial charge in [0.25, 0.3) is 5.91 Å². The molecule has 1 heterocycles. The van der Waals surface area contributed by atoms with Gasteiger partial charge in [0.1, 0.15) is 5.69 Å². The molecule has 3 aromatic rings. The highest BCUT2D eigenvalue weighted by Crippen LogP contribution is 2.32. The first-order valence-electron chi connectivity index (χ1n) is 8.05. The van der Waals surface area contributed by atoms with Crippen LogP contribution in [0.3, 0.4) is 0 Å². The molecule has 1 atom stereocenters. The fourth-order valence-corrected chi connectivity index (χ4v) is 2.80. The van der Waals surface area contributed by atoms with Crippen LogP contribution in [0.5, 0.6) is 0 Å². The van der Waals surface area contributed by atoms with Crippen LogP contribution in [0.4, 0.5) is 0 Å². The summed E-state index contributed by atoms with van der Waals surface area (Å²) in [6, 6.07) is 17.4. The number of fused-ring (bicyclic) bond motifs is 1. The van der Waals surface area contributed by atoms with E-state index in [0.29, 0.717) is 10.7 Å². The van der Waals surface area contributed by atoms with Crippen molar-refractivity contribution in [3.8, 4) is 11.3 Å². The number of halogens is 1. The van der Waals surface area contributed by atoms with Crippen LogP contribution < -0.4 is 5.32 Å². The summed E-state index contributed by atoms with van der Waals surface area (Å²) in [4.78, 5) is 17.1. The molecule has 1 N–H and O–H groups in total. The third-order valence-electron chi connectivity index (χ3n) is 4.09. The Hall–Kier alpha value is -2.39. The minimum absolute atomic E-state index is 0.106. The van der Waals surface area contributed by atoms with Gasteiger partial charge in [-0.25, -0.2) is 4.98 Å². The number of carbonyl (C=O) groups excluding carboxylic acids is 1. The van der Waals surface area contributed by atoms with Crippen molar-refractivity contribution in [3.63, 3.8) is 0 Å². The first-order chi connectivity index (χ1) is 11.6. The molecule has 24 heavy (non-hydrogen) atoms. The maximum absolute atomic E-state index is 12.5. The van der Waals surface area contributed by atoms with E-state index < -0.39 is 0 Å². The fraction of sp³-hybridized carbons (Fsp3) is 0.200. The molecule has 0 saturated heterocycles. The molecule has 0 saturated carbocycles. The third kappa shape index (κ3) is 3.26. The summed E-state index contributed by atoms with van der Waals surface area (Å²) >= 11 is 6.36. The van der Waals surface area contributed by atoms with E-state index in [0.717, 1.165) is 28.5 Å².